The number of nitrogens with zero attached hydrogens (tertiary/aromatic N) is 4. The third-order valence-corrected chi connectivity index (χ3v) is 4.41. The van der Waals surface area contributed by atoms with Crippen LogP contribution in [0.15, 0.2) is 67.1 Å². The molecule has 2 aromatic heterocycles. The van der Waals surface area contributed by atoms with Gasteiger partial charge in [-0.25, -0.2) is 9.97 Å². The first-order valence-electron chi connectivity index (χ1n) is 8.61. The van der Waals surface area contributed by atoms with E-state index in [4.69, 9.17) is 0 Å². The number of hydrogen-bond acceptors (Lipinski definition) is 4. The molecule has 0 aliphatic heterocycles. The molecule has 0 spiro atoms. The lowest BCUT2D eigenvalue weighted by atomic mass is 10.1. The third kappa shape index (κ3) is 3.53. The lowest BCUT2D eigenvalue weighted by molar-refractivity contribution is -0.137. The highest BCUT2D eigenvalue weighted by Gasteiger charge is 2.31. The summed E-state index contributed by atoms with van der Waals surface area (Å²) in [6.45, 7) is 1.98. The molecule has 2 aromatic carbocycles. The van der Waals surface area contributed by atoms with E-state index < -0.39 is 11.7 Å². The average Bonchev–Trinajstić information content (AvgIpc) is 3.11. The summed E-state index contributed by atoms with van der Waals surface area (Å²) in [4.78, 5) is 12.8. The van der Waals surface area contributed by atoms with Crippen molar-refractivity contribution in [3.8, 4) is 5.82 Å². The van der Waals surface area contributed by atoms with E-state index in [1.807, 2.05) is 37.3 Å². The molecule has 8 heteroatoms. The molecule has 0 fully saturated rings. The summed E-state index contributed by atoms with van der Waals surface area (Å²) < 4.78 is 40.7. The van der Waals surface area contributed by atoms with Crippen molar-refractivity contribution < 1.29 is 13.2 Å². The SMILES string of the molecule is C[C@H](Nc1nccc(-n2cnc3ccc(C(F)(F)F)cc32)n1)c1ccccc1. The quantitative estimate of drug-likeness (QED) is 0.538. The molecule has 1 N–H and O–H groups in total. The van der Waals surface area contributed by atoms with Gasteiger partial charge < -0.3 is 5.32 Å². The molecule has 0 aliphatic rings. The summed E-state index contributed by atoms with van der Waals surface area (Å²) in [6.07, 6.45) is -1.41. The number of fused-ring (bicyclic) bond motifs is 1. The van der Waals surface area contributed by atoms with Gasteiger partial charge in [0.25, 0.3) is 0 Å². The van der Waals surface area contributed by atoms with Gasteiger partial charge in [0.15, 0.2) is 0 Å². The first-order valence-corrected chi connectivity index (χ1v) is 8.61. The molecule has 0 saturated heterocycles. The van der Waals surface area contributed by atoms with Gasteiger partial charge in [-0.2, -0.15) is 18.2 Å². The molecule has 142 valence electrons. The van der Waals surface area contributed by atoms with Crippen LogP contribution >= 0.6 is 0 Å². The standard InChI is InChI=1S/C20H16F3N5/c1-13(14-5-3-2-4-6-14)26-19-24-10-9-18(27-19)28-12-25-16-8-7-15(11-17(16)28)20(21,22)23/h2-13H,1H3,(H,24,26,27)/t13-/m0/s1. The van der Waals surface area contributed by atoms with Gasteiger partial charge in [0.05, 0.1) is 22.6 Å². The van der Waals surface area contributed by atoms with Crippen LogP contribution in [0, 0.1) is 0 Å². The van der Waals surface area contributed by atoms with Crippen LogP contribution in [-0.4, -0.2) is 19.5 Å². The van der Waals surface area contributed by atoms with Gasteiger partial charge in [-0.3, -0.25) is 4.57 Å². The summed E-state index contributed by atoms with van der Waals surface area (Å²) in [7, 11) is 0. The van der Waals surface area contributed by atoms with Crippen molar-refractivity contribution >= 4 is 17.0 Å². The summed E-state index contributed by atoms with van der Waals surface area (Å²) >= 11 is 0. The molecule has 2 heterocycles. The van der Waals surface area contributed by atoms with Gasteiger partial charge in [0, 0.05) is 6.20 Å². The van der Waals surface area contributed by atoms with Crippen LogP contribution < -0.4 is 5.32 Å². The molecule has 28 heavy (non-hydrogen) atoms. The lowest BCUT2D eigenvalue weighted by Gasteiger charge is -2.15. The fraction of sp³-hybridized carbons (Fsp3) is 0.150. The number of alkyl halides is 3. The number of benzene rings is 2. The summed E-state index contributed by atoms with van der Waals surface area (Å²) in [5.74, 6) is 0.808. The van der Waals surface area contributed by atoms with Crippen LogP contribution in [0.1, 0.15) is 24.1 Å². The summed E-state index contributed by atoms with van der Waals surface area (Å²) in [6, 6.07) is 14.8. The van der Waals surface area contributed by atoms with Crippen molar-refractivity contribution in [1.29, 1.82) is 0 Å². The van der Waals surface area contributed by atoms with E-state index >= 15 is 0 Å². The molecule has 0 radical (unpaired) electrons. The molecule has 1 atom stereocenters. The molecule has 0 saturated carbocycles. The van der Waals surface area contributed by atoms with Crippen LogP contribution in [-0.2, 0) is 6.18 Å². The Hall–Kier alpha value is -3.42. The van der Waals surface area contributed by atoms with E-state index in [2.05, 4.69) is 20.3 Å². The molecular formula is C20H16F3N5. The number of halogens is 3. The van der Waals surface area contributed by atoms with Gasteiger partial charge >= 0.3 is 6.18 Å². The molecule has 0 amide bonds. The van der Waals surface area contributed by atoms with Gasteiger partial charge in [0.2, 0.25) is 5.95 Å². The zero-order valence-electron chi connectivity index (χ0n) is 14.9. The fourth-order valence-electron chi connectivity index (χ4n) is 2.94. The third-order valence-electron chi connectivity index (χ3n) is 4.41. The molecule has 0 bridgehead atoms. The minimum Gasteiger partial charge on any atom is -0.348 e. The molecule has 0 unspecified atom stereocenters. The number of hydrogen-bond donors (Lipinski definition) is 1. The molecule has 0 aliphatic carbocycles. The molecule has 5 nitrogen and oxygen atoms in total. The second-order valence-electron chi connectivity index (χ2n) is 6.33. The Labute approximate surface area is 158 Å². The lowest BCUT2D eigenvalue weighted by Crippen LogP contribution is -2.10. The van der Waals surface area contributed by atoms with Crippen LogP contribution in [0.4, 0.5) is 19.1 Å². The van der Waals surface area contributed by atoms with Gasteiger partial charge in [-0.1, -0.05) is 30.3 Å². The van der Waals surface area contributed by atoms with Crippen molar-refractivity contribution in [3.63, 3.8) is 0 Å². The molecule has 4 rings (SSSR count). The van der Waals surface area contributed by atoms with Crippen LogP contribution in [0.25, 0.3) is 16.9 Å². The first kappa shape index (κ1) is 18.0. The average molecular weight is 383 g/mol. The Morgan fingerprint density at radius 3 is 2.54 bits per heavy atom. The van der Waals surface area contributed by atoms with Gasteiger partial charge in [0.1, 0.15) is 12.1 Å². The smallest absolute Gasteiger partial charge is 0.348 e. The second-order valence-corrected chi connectivity index (χ2v) is 6.33. The maximum atomic E-state index is 13.1. The Morgan fingerprint density at radius 2 is 1.79 bits per heavy atom. The highest BCUT2D eigenvalue weighted by molar-refractivity contribution is 5.78. The van der Waals surface area contributed by atoms with Crippen molar-refractivity contribution in [3.05, 3.63) is 78.2 Å². The maximum Gasteiger partial charge on any atom is 0.416 e. The predicted molar refractivity (Wildman–Crippen MR) is 100 cm³/mol. The number of rotatable bonds is 4. The Bertz CT molecular complexity index is 1110. The number of nitrogens with one attached hydrogen (secondary N) is 1. The number of anilines is 1. The van der Waals surface area contributed by atoms with E-state index in [0.29, 0.717) is 22.8 Å². The normalized spacial score (nSPS) is 12.9. The van der Waals surface area contributed by atoms with E-state index in [9.17, 15) is 13.2 Å². The predicted octanol–water partition coefficient (Wildman–Crippen LogP) is 5.01. The zero-order valence-corrected chi connectivity index (χ0v) is 14.9. The Morgan fingerprint density at radius 1 is 1.00 bits per heavy atom. The van der Waals surface area contributed by atoms with E-state index in [1.54, 1.807) is 12.3 Å². The number of aromatic nitrogens is 4. The zero-order chi connectivity index (χ0) is 19.7. The van der Waals surface area contributed by atoms with E-state index in [-0.39, 0.29) is 6.04 Å². The topological polar surface area (TPSA) is 55.6 Å². The summed E-state index contributed by atoms with van der Waals surface area (Å²) in [5, 5.41) is 3.21. The first-order chi connectivity index (χ1) is 13.4. The Kier molecular flexibility index (Phi) is 4.46. The van der Waals surface area contributed by atoms with Crippen molar-refractivity contribution in [2.24, 2.45) is 0 Å². The molecule has 4 aromatic rings. The van der Waals surface area contributed by atoms with Crippen molar-refractivity contribution in [2.45, 2.75) is 19.1 Å². The highest BCUT2D eigenvalue weighted by Crippen LogP contribution is 2.31. The summed E-state index contributed by atoms with van der Waals surface area (Å²) in [5.41, 5.74) is 1.13. The molecular weight excluding hydrogens is 367 g/mol. The van der Waals surface area contributed by atoms with Crippen molar-refractivity contribution in [2.75, 3.05) is 5.32 Å². The monoisotopic (exact) mass is 383 g/mol. The van der Waals surface area contributed by atoms with Crippen LogP contribution in [0.2, 0.25) is 0 Å². The minimum absolute atomic E-state index is 0.0344. The van der Waals surface area contributed by atoms with Gasteiger partial charge in [-0.05, 0) is 36.8 Å². The minimum atomic E-state index is -4.42. The van der Waals surface area contributed by atoms with Crippen LogP contribution in [0.3, 0.4) is 0 Å². The second kappa shape index (κ2) is 6.95. The van der Waals surface area contributed by atoms with Gasteiger partial charge in [-0.15, -0.1) is 0 Å². The fourth-order valence-corrected chi connectivity index (χ4v) is 2.94. The van der Waals surface area contributed by atoms with E-state index in [0.717, 1.165) is 17.7 Å². The van der Waals surface area contributed by atoms with Crippen molar-refractivity contribution in [1.82, 2.24) is 19.5 Å². The van der Waals surface area contributed by atoms with E-state index in [1.165, 1.54) is 17.0 Å². The Balaban J connectivity index is 1.68. The highest BCUT2D eigenvalue weighted by atomic mass is 19.4. The van der Waals surface area contributed by atoms with Crippen LogP contribution in [0.5, 0.6) is 0 Å². The maximum absolute atomic E-state index is 13.1. The largest absolute Gasteiger partial charge is 0.416 e. The number of imidazole rings is 1.